The van der Waals surface area contributed by atoms with Crippen LogP contribution in [0, 0.1) is 17.3 Å². The highest BCUT2D eigenvalue weighted by atomic mass is 35.5. The van der Waals surface area contributed by atoms with E-state index in [4.69, 9.17) is 21.1 Å². The monoisotopic (exact) mass is 631 g/mol. The number of carbonyl (C=O) groups is 1. The van der Waals surface area contributed by atoms with Crippen LogP contribution in [0.5, 0.6) is 5.75 Å². The number of hydrogen-bond donors (Lipinski definition) is 2. The summed E-state index contributed by atoms with van der Waals surface area (Å²) in [4.78, 5) is 15.7. The van der Waals surface area contributed by atoms with Crippen LogP contribution in [0.15, 0.2) is 41.3 Å². The van der Waals surface area contributed by atoms with Crippen molar-refractivity contribution in [1.82, 2.24) is 10.0 Å². The van der Waals surface area contributed by atoms with E-state index in [-0.39, 0.29) is 11.0 Å². The van der Waals surface area contributed by atoms with Gasteiger partial charge in [0.1, 0.15) is 12.4 Å². The average molecular weight is 632 g/mol. The largest absolute Gasteiger partial charge is 0.487 e. The van der Waals surface area contributed by atoms with Crippen molar-refractivity contribution in [3.63, 3.8) is 0 Å². The van der Waals surface area contributed by atoms with E-state index >= 15 is 0 Å². The molecule has 2 aromatic rings. The van der Waals surface area contributed by atoms with Crippen molar-refractivity contribution in [2.24, 2.45) is 17.3 Å². The molecule has 236 valence electrons. The summed E-state index contributed by atoms with van der Waals surface area (Å²) in [6.45, 7) is 7.22. The van der Waals surface area contributed by atoms with Gasteiger partial charge in [-0.3, -0.25) is 4.79 Å². The summed E-state index contributed by atoms with van der Waals surface area (Å²) in [7, 11) is -2.33. The normalized spacial score (nSPS) is 22.5. The predicted molar refractivity (Wildman–Crippen MR) is 170 cm³/mol. The summed E-state index contributed by atoms with van der Waals surface area (Å²) < 4.78 is 41.8. The zero-order valence-corrected chi connectivity index (χ0v) is 27.2. The van der Waals surface area contributed by atoms with Gasteiger partial charge in [0.25, 0.3) is 10.0 Å². The minimum absolute atomic E-state index is 0.0728. The molecule has 1 amide bonds. The number of nitrogens with one attached hydrogen (secondary N) is 2. The van der Waals surface area contributed by atoms with Gasteiger partial charge in [-0.25, -0.2) is 13.1 Å². The van der Waals surface area contributed by atoms with E-state index in [0.29, 0.717) is 48.6 Å². The Kier molecular flexibility index (Phi) is 10.3. The number of carbonyl (C=O) groups excluding carboxylic acids is 1. The predicted octanol–water partition coefficient (Wildman–Crippen LogP) is 5.71. The van der Waals surface area contributed by atoms with Gasteiger partial charge in [0, 0.05) is 31.8 Å². The molecule has 3 aliphatic rings. The Balaban J connectivity index is 1.45. The third-order valence-electron chi connectivity index (χ3n) is 9.90. The molecule has 0 bridgehead atoms. The Morgan fingerprint density at radius 2 is 1.95 bits per heavy atom. The topological polar surface area (TPSA) is 97.0 Å². The summed E-state index contributed by atoms with van der Waals surface area (Å²) in [5, 5.41) is 3.95. The van der Waals surface area contributed by atoms with E-state index in [1.807, 2.05) is 25.1 Å². The van der Waals surface area contributed by atoms with Gasteiger partial charge in [0.2, 0.25) is 5.91 Å². The third-order valence-corrected chi connectivity index (χ3v) is 11.5. The van der Waals surface area contributed by atoms with Crippen molar-refractivity contribution in [1.29, 1.82) is 0 Å². The minimum Gasteiger partial charge on any atom is -0.487 e. The maximum atomic E-state index is 13.7. The second-order valence-electron chi connectivity index (χ2n) is 12.5. The molecule has 0 aromatic heterocycles. The standard InChI is InChI=1S/C33H46ClN3O5S/c1-4-35-22-33(15-7-16-33)32(38)36-43(39,40)28-12-14-31-30(19-28)37(20-25-10-13-29(25)23(2)41-3)17-6-5-8-24-18-27(34)11-9-26(24)21-42-31/h9,11-12,14,18-19,23,25,29,35H,4-8,10,13,15-17,20-22H2,1-3H3,(H,36,38)/t23-,25+,29+/m1/s1. The maximum Gasteiger partial charge on any atom is 0.264 e. The molecule has 2 aromatic carbocycles. The molecule has 3 atom stereocenters. The highest BCUT2D eigenvalue weighted by Gasteiger charge is 2.45. The molecule has 2 fully saturated rings. The van der Waals surface area contributed by atoms with Gasteiger partial charge >= 0.3 is 0 Å². The summed E-state index contributed by atoms with van der Waals surface area (Å²) in [5.41, 5.74) is 2.32. The van der Waals surface area contributed by atoms with Crippen LogP contribution in [0.1, 0.15) is 69.9 Å². The number of rotatable bonds is 10. The second kappa shape index (κ2) is 13.8. The molecule has 2 aliphatic carbocycles. The number of sulfonamides is 1. The number of methoxy groups -OCH3 is 1. The Labute approximate surface area is 261 Å². The van der Waals surface area contributed by atoms with E-state index < -0.39 is 21.3 Å². The summed E-state index contributed by atoms with van der Waals surface area (Å²) in [5.74, 6) is 1.10. The zero-order valence-electron chi connectivity index (χ0n) is 25.7. The molecule has 5 rings (SSSR count). The zero-order chi connectivity index (χ0) is 30.6. The van der Waals surface area contributed by atoms with Gasteiger partial charge in [0.05, 0.1) is 22.1 Å². The van der Waals surface area contributed by atoms with Crippen molar-refractivity contribution >= 4 is 33.2 Å². The molecule has 0 unspecified atom stereocenters. The van der Waals surface area contributed by atoms with Gasteiger partial charge in [-0.15, -0.1) is 0 Å². The molecule has 1 heterocycles. The van der Waals surface area contributed by atoms with E-state index in [0.717, 1.165) is 69.4 Å². The lowest BCUT2D eigenvalue weighted by molar-refractivity contribution is -0.133. The van der Waals surface area contributed by atoms with Crippen molar-refractivity contribution in [3.05, 3.63) is 52.5 Å². The lowest BCUT2D eigenvalue weighted by Gasteiger charge is -2.43. The SMILES string of the molecule is CCNCC1(C(=O)NS(=O)(=O)c2ccc3c(c2)N(C[C@@H]2CC[C@H]2[C@@H](C)OC)CCCCc2cc(Cl)ccc2CO3)CCC1. The molecule has 0 radical (unpaired) electrons. The molecule has 0 saturated heterocycles. The first-order valence-corrected chi connectivity index (χ1v) is 17.6. The number of amides is 1. The fraction of sp³-hybridized carbons (Fsp3) is 0.606. The molecule has 2 saturated carbocycles. The Morgan fingerprint density at radius 3 is 2.63 bits per heavy atom. The maximum absolute atomic E-state index is 13.7. The number of ether oxygens (including phenoxy) is 2. The minimum atomic E-state index is -4.09. The number of benzene rings is 2. The lowest BCUT2D eigenvalue weighted by atomic mass is 9.68. The number of aryl methyl sites for hydroxylation is 1. The van der Waals surface area contributed by atoms with Crippen LogP contribution in [0.3, 0.4) is 0 Å². The van der Waals surface area contributed by atoms with Crippen molar-refractivity contribution < 1.29 is 22.7 Å². The third kappa shape index (κ3) is 7.16. The molecule has 2 N–H and O–H groups in total. The van der Waals surface area contributed by atoms with E-state index in [2.05, 4.69) is 21.9 Å². The summed E-state index contributed by atoms with van der Waals surface area (Å²) in [6, 6.07) is 10.9. The number of nitrogens with zero attached hydrogens (tertiary/aromatic N) is 1. The van der Waals surface area contributed by atoms with Crippen LogP contribution in [-0.2, 0) is 32.6 Å². The van der Waals surface area contributed by atoms with Crippen molar-refractivity contribution in [2.75, 3.05) is 38.2 Å². The highest BCUT2D eigenvalue weighted by molar-refractivity contribution is 7.90. The molecule has 8 nitrogen and oxygen atoms in total. The fourth-order valence-electron chi connectivity index (χ4n) is 6.72. The van der Waals surface area contributed by atoms with E-state index in [1.165, 1.54) is 5.56 Å². The van der Waals surface area contributed by atoms with Crippen LogP contribution in [0.25, 0.3) is 0 Å². The Bertz CT molecular complexity index is 1400. The fourth-order valence-corrected chi connectivity index (χ4v) is 8.01. The molecular formula is C33H46ClN3O5S. The summed E-state index contributed by atoms with van der Waals surface area (Å²) in [6.07, 6.45) is 7.50. The smallest absolute Gasteiger partial charge is 0.264 e. The Hall–Kier alpha value is -2.33. The average Bonchev–Trinajstić information content (AvgIpc) is 2.97. The number of hydrogen-bond acceptors (Lipinski definition) is 7. The van der Waals surface area contributed by atoms with Gasteiger partial charge < -0.3 is 19.7 Å². The van der Waals surface area contributed by atoms with Crippen molar-refractivity contribution in [3.8, 4) is 5.75 Å². The van der Waals surface area contributed by atoms with Gasteiger partial charge in [-0.1, -0.05) is 31.0 Å². The highest BCUT2D eigenvalue weighted by Crippen LogP contribution is 2.42. The quantitative estimate of drug-likeness (QED) is 0.347. The van der Waals surface area contributed by atoms with E-state index in [9.17, 15) is 13.2 Å². The molecule has 10 heteroatoms. The van der Waals surface area contributed by atoms with Gasteiger partial charge in [-0.2, -0.15) is 0 Å². The van der Waals surface area contributed by atoms with Crippen molar-refractivity contribution in [2.45, 2.75) is 82.8 Å². The molecular weight excluding hydrogens is 586 g/mol. The van der Waals surface area contributed by atoms with Gasteiger partial charge in [-0.05, 0) is 112 Å². The van der Waals surface area contributed by atoms with E-state index in [1.54, 1.807) is 25.3 Å². The van der Waals surface area contributed by atoms with Crippen LogP contribution >= 0.6 is 11.6 Å². The number of halogens is 1. The molecule has 43 heavy (non-hydrogen) atoms. The second-order valence-corrected chi connectivity index (χ2v) is 14.6. The first-order valence-electron chi connectivity index (χ1n) is 15.8. The van der Waals surface area contributed by atoms with Gasteiger partial charge in [0.15, 0.2) is 0 Å². The summed E-state index contributed by atoms with van der Waals surface area (Å²) >= 11 is 6.32. The van der Waals surface area contributed by atoms with Crippen LogP contribution in [-0.4, -0.2) is 53.7 Å². The van der Waals surface area contributed by atoms with Crippen LogP contribution in [0.2, 0.25) is 5.02 Å². The number of fused-ring (bicyclic) bond motifs is 2. The molecule has 1 aliphatic heterocycles. The molecule has 0 spiro atoms. The lowest BCUT2D eigenvalue weighted by Crippen LogP contribution is -2.52. The first-order chi connectivity index (χ1) is 20.7. The van der Waals surface area contributed by atoms with Crippen LogP contribution < -0.4 is 19.7 Å². The first kappa shape index (κ1) is 32.1. The number of anilines is 1. The van der Waals surface area contributed by atoms with Crippen LogP contribution in [0.4, 0.5) is 5.69 Å². The Morgan fingerprint density at radius 1 is 1.14 bits per heavy atom.